The van der Waals surface area contributed by atoms with Gasteiger partial charge in [-0.15, -0.1) is 11.3 Å². The van der Waals surface area contributed by atoms with Crippen molar-refractivity contribution in [3.63, 3.8) is 0 Å². The average molecular weight is 414 g/mol. The molecule has 0 bridgehead atoms. The van der Waals surface area contributed by atoms with Gasteiger partial charge in [-0.1, -0.05) is 66.7 Å². The zero-order valence-corrected chi connectivity index (χ0v) is 16.9. The van der Waals surface area contributed by atoms with Crippen LogP contribution in [0, 0.1) is 6.92 Å². The van der Waals surface area contributed by atoms with Crippen molar-refractivity contribution in [1.29, 1.82) is 0 Å². The number of anilines is 1. The fourth-order valence-electron chi connectivity index (χ4n) is 3.20. The van der Waals surface area contributed by atoms with E-state index < -0.39 is 11.9 Å². The third-order valence-corrected chi connectivity index (χ3v) is 5.57. The summed E-state index contributed by atoms with van der Waals surface area (Å²) in [6, 6.07) is 24.3. The molecule has 1 amide bonds. The zero-order chi connectivity index (χ0) is 21.1. The molecule has 148 valence electrons. The summed E-state index contributed by atoms with van der Waals surface area (Å²) >= 11 is 1.36. The number of aryl methyl sites for hydroxylation is 1. The van der Waals surface area contributed by atoms with Crippen molar-refractivity contribution in [3.05, 3.63) is 94.9 Å². The molecule has 0 aliphatic heterocycles. The van der Waals surface area contributed by atoms with Gasteiger partial charge in [0.25, 0.3) is 5.91 Å². The topological polar surface area (TPSA) is 79.3 Å². The second kappa shape index (κ2) is 8.31. The summed E-state index contributed by atoms with van der Waals surface area (Å²) in [5.41, 5.74) is 4.07. The van der Waals surface area contributed by atoms with Gasteiger partial charge in [0.15, 0.2) is 5.13 Å². The van der Waals surface area contributed by atoms with Crippen LogP contribution in [-0.2, 0) is 0 Å². The molecule has 6 heteroatoms. The first kappa shape index (κ1) is 19.5. The average Bonchev–Trinajstić information content (AvgIpc) is 3.14. The van der Waals surface area contributed by atoms with Crippen molar-refractivity contribution < 1.29 is 14.7 Å². The number of carbonyl (C=O) groups excluding carboxylic acids is 1. The molecule has 0 unspecified atom stereocenters. The summed E-state index contributed by atoms with van der Waals surface area (Å²) in [7, 11) is 0. The third kappa shape index (κ3) is 3.99. The summed E-state index contributed by atoms with van der Waals surface area (Å²) < 4.78 is 0. The number of nitrogens with zero attached hydrogens (tertiary/aromatic N) is 1. The minimum absolute atomic E-state index is 0.0417. The van der Waals surface area contributed by atoms with Gasteiger partial charge in [-0.2, -0.15) is 0 Å². The lowest BCUT2D eigenvalue weighted by Crippen LogP contribution is -2.16. The van der Waals surface area contributed by atoms with Crippen molar-refractivity contribution in [2.24, 2.45) is 0 Å². The maximum atomic E-state index is 12.6. The summed E-state index contributed by atoms with van der Waals surface area (Å²) in [4.78, 5) is 29.5. The summed E-state index contributed by atoms with van der Waals surface area (Å²) in [5, 5.41) is 12.4. The first-order valence-electron chi connectivity index (χ1n) is 9.30. The van der Waals surface area contributed by atoms with Gasteiger partial charge in [-0.3, -0.25) is 10.1 Å². The first-order chi connectivity index (χ1) is 14.5. The second-order valence-corrected chi connectivity index (χ2v) is 7.88. The monoisotopic (exact) mass is 414 g/mol. The Morgan fingerprint density at radius 1 is 0.800 bits per heavy atom. The fraction of sp³-hybridized carbons (Fsp3) is 0.0417. The molecule has 5 nitrogen and oxygen atoms in total. The van der Waals surface area contributed by atoms with Crippen LogP contribution in [0.4, 0.5) is 5.13 Å². The molecule has 1 aromatic heterocycles. The molecule has 2 N–H and O–H groups in total. The van der Waals surface area contributed by atoms with Crippen LogP contribution in [0.25, 0.3) is 22.4 Å². The van der Waals surface area contributed by atoms with E-state index in [4.69, 9.17) is 0 Å². The lowest BCUT2D eigenvalue weighted by molar-refractivity contribution is 0.0692. The Morgan fingerprint density at radius 2 is 1.37 bits per heavy atom. The second-order valence-electron chi connectivity index (χ2n) is 6.67. The van der Waals surface area contributed by atoms with E-state index >= 15 is 0 Å². The number of benzene rings is 3. The van der Waals surface area contributed by atoms with Crippen LogP contribution in [0.3, 0.4) is 0 Å². The summed E-state index contributed by atoms with van der Waals surface area (Å²) in [5.74, 6) is -1.64. The first-order valence-corrected chi connectivity index (χ1v) is 10.1. The van der Waals surface area contributed by atoms with E-state index in [1.807, 2.05) is 49.4 Å². The Bertz CT molecular complexity index is 1210. The van der Waals surface area contributed by atoms with Crippen LogP contribution in [0.15, 0.2) is 78.9 Å². The third-order valence-electron chi connectivity index (χ3n) is 4.68. The maximum Gasteiger partial charge on any atom is 0.336 e. The number of hydrogen-bond acceptors (Lipinski definition) is 4. The number of amides is 1. The Hall–Kier alpha value is -3.77. The van der Waals surface area contributed by atoms with Crippen LogP contribution < -0.4 is 5.32 Å². The number of carboxylic acid groups (broad SMARTS) is 1. The standard InChI is InChI=1S/C24H18N2O3S/c1-15-21(18-13-11-17(12-14-18)16-7-3-2-4-8-16)25-24(30-15)26-22(27)19-9-5-6-10-20(19)23(28)29/h2-14H,1H3,(H,28,29)(H,25,26,27). The minimum atomic E-state index is -1.14. The predicted octanol–water partition coefficient (Wildman–Crippen LogP) is 5.74. The van der Waals surface area contributed by atoms with Crippen LogP contribution in [0.1, 0.15) is 25.6 Å². The highest BCUT2D eigenvalue weighted by molar-refractivity contribution is 7.16. The molecule has 0 spiro atoms. The number of aromatic nitrogens is 1. The quantitative estimate of drug-likeness (QED) is 0.437. The Morgan fingerprint density at radius 3 is 2.03 bits per heavy atom. The molecule has 4 rings (SSSR count). The van der Waals surface area contributed by atoms with E-state index in [-0.39, 0.29) is 11.1 Å². The smallest absolute Gasteiger partial charge is 0.336 e. The van der Waals surface area contributed by atoms with E-state index in [1.165, 1.54) is 23.5 Å². The molecular weight excluding hydrogens is 396 g/mol. The Kier molecular flexibility index (Phi) is 5.41. The molecule has 0 fully saturated rings. The number of aromatic carboxylic acids is 1. The molecule has 0 radical (unpaired) electrons. The molecule has 3 aromatic carbocycles. The summed E-state index contributed by atoms with van der Waals surface area (Å²) in [6.45, 7) is 1.94. The van der Waals surface area contributed by atoms with Gasteiger partial charge in [0.2, 0.25) is 0 Å². The number of nitrogens with one attached hydrogen (secondary N) is 1. The van der Waals surface area contributed by atoms with E-state index in [2.05, 4.69) is 22.4 Å². The van der Waals surface area contributed by atoms with Crippen molar-refractivity contribution in [3.8, 4) is 22.4 Å². The molecule has 30 heavy (non-hydrogen) atoms. The molecule has 0 aliphatic carbocycles. The van der Waals surface area contributed by atoms with Crippen molar-refractivity contribution in [1.82, 2.24) is 4.98 Å². The fourth-order valence-corrected chi connectivity index (χ4v) is 4.03. The van der Waals surface area contributed by atoms with E-state index in [0.29, 0.717) is 5.13 Å². The van der Waals surface area contributed by atoms with Crippen LogP contribution in [0.2, 0.25) is 0 Å². The molecule has 0 saturated carbocycles. The van der Waals surface area contributed by atoms with Gasteiger partial charge in [0.05, 0.1) is 16.8 Å². The van der Waals surface area contributed by atoms with Crippen LogP contribution >= 0.6 is 11.3 Å². The van der Waals surface area contributed by atoms with Crippen LogP contribution in [-0.4, -0.2) is 22.0 Å². The predicted molar refractivity (Wildman–Crippen MR) is 119 cm³/mol. The molecule has 0 saturated heterocycles. The van der Waals surface area contributed by atoms with Gasteiger partial charge >= 0.3 is 5.97 Å². The Labute approximate surface area is 177 Å². The van der Waals surface area contributed by atoms with Gasteiger partial charge < -0.3 is 5.11 Å². The highest BCUT2D eigenvalue weighted by atomic mass is 32.1. The van der Waals surface area contributed by atoms with Gasteiger partial charge in [-0.25, -0.2) is 9.78 Å². The zero-order valence-electron chi connectivity index (χ0n) is 16.1. The number of thiazole rings is 1. The lowest BCUT2D eigenvalue weighted by atomic mass is 10.0. The van der Waals surface area contributed by atoms with Gasteiger partial charge in [-0.05, 0) is 30.2 Å². The number of carboxylic acids is 1. The molecule has 0 aliphatic rings. The lowest BCUT2D eigenvalue weighted by Gasteiger charge is -2.05. The summed E-state index contributed by atoms with van der Waals surface area (Å²) in [6.07, 6.45) is 0. The maximum absolute atomic E-state index is 12.6. The SMILES string of the molecule is Cc1sc(NC(=O)c2ccccc2C(=O)O)nc1-c1ccc(-c2ccccc2)cc1. The van der Waals surface area contributed by atoms with Gasteiger partial charge in [0, 0.05) is 10.4 Å². The van der Waals surface area contributed by atoms with Gasteiger partial charge in [0.1, 0.15) is 0 Å². The highest BCUT2D eigenvalue weighted by Gasteiger charge is 2.18. The van der Waals surface area contributed by atoms with E-state index in [0.717, 1.165) is 27.3 Å². The molecule has 4 aromatic rings. The Balaban J connectivity index is 1.57. The highest BCUT2D eigenvalue weighted by Crippen LogP contribution is 2.32. The molecule has 0 atom stereocenters. The number of carbonyl (C=O) groups is 2. The van der Waals surface area contributed by atoms with E-state index in [9.17, 15) is 14.7 Å². The number of rotatable bonds is 5. The largest absolute Gasteiger partial charge is 0.478 e. The van der Waals surface area contributed by atoms with E-state index in [1.54, 1.807) is 12.1 Å². The van der Waals surface area contributed by atoms with Crippen LogP contribution in [0.5, 0.6) is 0 Å². The minimum Gasteiger partial charge on any atom is -0.478 e. The number of hydrogen-bond donors (Lipinski definition) is 2. The van der Waals surface area contributed by atoms with Crippen molar-refractivity contribution in [2.45, 2.75) is 6.92 Å². The van der Waals surface area contributed by atoms with Crippen molar-refractivity contribution in [2.75, 3.05) is 5.32 Å². The molecule has 1 heterocycles. The van der Waals surface area contributed by atoms with Crippen molar-refractivity contribution >= 4 is 28.3 Å². The molecular formula is C24H18N2O3S. The normalized spacial score (nSPS) is 10.6.